The van der Waals surface area contributed by atoms with Crippen LogP contribution < -0.4 is 4.74 Å². The number of benzene rings is 1. The number of ether oxygens (including phenoxy) is 1. The van der Waals surface area contributed by atoms with Gasteiger partial charge < -0.3 is 9.64 Å². The van der Waals surface area contributed by atoms with Gasteiger partial charge in [-0.1, -0.05) is 0 Å². The molecule has 0 aromatic heterocycles. The molecule has 1 amide bonds. The molecule has 1 saturated heterocycles. The number of carbonyl (C=O) groups excluding carboxylic acids is 1. The number of carbonyl (C=O) groups is 1. The molecule has 3 heteroatoms. The SMILES string of the molecule is COc1ccc(C(=O)N2[C@H](C)CCC[C@@H]2C)cc1. The lowest BCUT2D eigenvalue weighted by molar-refractivity contribution is 0.0511. The molecule has 3 nitrogen and oxygen atoms in total. The smallest absolute Gasteiger partial charge is 0.254 e. The first-order valence-electron chi connectivity index (χ1n) is 6.60. The lowest BCUT2D eigenvalue weighted by atomic mass is 9.96. The lowest BCUT2D eigenvalue weighted by Gasteiger charge is -2.39. The van der Waals surface area contributed by atoms with Crippen LogP contribution in [0.4, 0.5) is 0 Å². The second kappa shape index (κ2) is 5.42. The highest BCUT2D eigenvalue weighted by Gasteiger charge is 2.29. The minimum Gasteiger partial charge on any atom is -0.497 e. The lowest BCUT2D eigenvalue weighted by Crippen LogP contribution is -2.47. The highest BCUT2D eigenvalue weighted by molar-refractivity contribution is 5.94. The van der Waals surface area contributed by atoms with Gasteiger partial charge in [-0.05, 0) is 57.4 Å². The summed E-state index contributed by atoms with van der Waals surface area (Å²) in [5.41, 5.74) is 0.747. The highest BCUT2D eigenvalue weighted by Crippen LogP contribution is 2.25. The second-order valence-corrected chi connectivity index (χ2v) is 5.07. The van der Waals surface area contributed by atoms with Crippen LogP contribution in [0.1, 0.15) is 43.5 Å². The number of nitrogens with zero attached hydrogens (tertiary/aromatic N) is 1. The monoisotopic (exact) mass is 247 g/mol. The maximum Gasteiger partial charge on any atom is 0.254 e. The highest BCUT2D eigenvalue weighted by atomic mass is 16.5. The first kappa shape index (κ1) is 12.9. The summed E-state index contributed by atoms with van der Waals surface area (Å²) < 4.78 is 5.11. The van der Waals surface area contributed by atoms with E-state index in [1.165, 1.54) is 6.42 Å². The van der Waals surface area contributed by atoms with Crippen LogP contribution in [-0.4, -0.2) is 30.0 Å². The molecule has 2 atom stereocenters. The van der Waals surface area contributed by atoms with Crippen molar-refractivity contribution in [2.45, 2.75) is 45.2 Å². The van der Waals surface area contributed by atoms with E-state index in [0.717, 1.165) is 24.2 Å². The second-order valence-electron chi connectivity index (χ2n) is 5.07. The molecular formula is C15H21NO2. The normalized spacial score (nSPS) is 23.8. The maximum atomic E-state index is 12.5. The summed E-state index contributed by atoms with van der Waals surface area (Å²) in [5, 5.41) is 0. The van der Waals surface area contributed by atoms with E-state index in [2.05, 4.69) is 13.8 Å². The number of hydrogen-bond acceptors (Lipinski definition) is 2. The molecule has 0 N–H and O–H groups in total. The molecule has 98 valence electrons. The summed E-state index contributed by atoms with van der Waals surface area (Å²) in [6.45, 7) is 4.27. The Morgan fingerprint density at radius 1 is 1.17 bits per heavy atom. The molecule has 18 heavy (non-hydrogen) atoms. The number of hydrogen-bond donors (Lipinski definition) is 0. The summed E-state index contributed by atoms with van der Waals surface area (Å²) in [6, 6.07) is 8.04. The zero-order valence-corrected chi connectivity index (χ0v) is 11.3. The van der Waals surface area contributed by atoms with Gasteiger partial charge in [0.15, 0.2) is 0 Å². The van der Waals surface area contributed by atoms with Gasteiger partial charge in [-0.25, -0.2) is 0 Å². The van der Waals surface area contributed by atoms with Crippen molar-refractivity contribution in [3.8, 4) is 5.75 Å². The number of piperidine rings is 1. The van der Waals surface area contributed by atoms with Gasteiger partial charge in [0.05, 0.1) is 7.11 Å². The van der Waals surface area contributed by atoms with Crippen LogP contribution >= 0.6 is 0 Å². The molecule has 1 heterocycles. The molecule has 1 aliphatic heterocycles. The third kappa shape index (κ3) is 2.50. The van der Waals surface area contributed by atoms with E-state index in [1.54, 1.807) is 7.11 Å². The molecule has 1 aromatic carbocycles. The average Bonchev–Trinajstić information content (AvgIpc) is 2.38. The van der Waals surface area contributed by atoms with E-state index in [4.69, 9.17) is 4.74 Å². The van der Waals surface area contributed by atoms with Gasteiger partial charge in [-0.3, -0.25) is 4.79 Å². The third-order valence-electron chi connectivity index (χ3n) is 3.77. The van der Waals surface area contributed by atoms with Gasteiger partial charge >= 0.3 is 0 Å². The van der Waals surface area contributed by atoms with E-state index >= 15 is 0 Å². The van der Waals surface area contributed by atoms with E-state index in [0.29, 0.717) is 12.1 Å². The Bertz CT molecular complexity index is 403. The van der Waals surface area contributed by atoms with Crippen molar-refractivity contribution in [3.05, 3.63) is 29.8 Å². The first-order chi connectivity index (χ1) is 8.63. The zero-order valence-electron chi connectivity index (χ0n) is 11.3. The topological polar surface area (TPSA) is 29.5 Å². The van der Waals surface area contributed by atoms with Crippen molar-refractivity contribution < 1.29 is 9.53 Å². The standard InChI is InChI=1S/C15H21NO2/c1-11-5-4-6-12(2)16(11)15(17)13-7-9-14(18-3)10-8-13/h7-12H,4-6H2,1-3H3/t11-,12+. The molecule has 0 bridgehead atoms. The van der Waals surface area contributed by atoms with Gasteiger partial charge in [0.1, 0.15) is 5.75 Å². The Labute approximate surface area is 109 Å². The zero-order chi connectivity index (χ0) is 13.1. The van der Waals surface area contributed by atoms with E-state index in [9.17, 15) is 4.79 Å². The third-order valence-corrected chi connectivity index (χ3v) is 3.77. The van der Waals surface area contributed by atoms with E-state index < -0.39 is 0 Å². The minimum absolute atomic E-state index is 0.136. The molecule has 0 radical (unpaired) electrons. The molecular weight excluding hydrogens is 226 g/mol. The fourth-order valence-corrected chi connectivity index (χ4v) is 2.70. The Morgan fingerprint density at radius 2 is 1.72 bits per heavy atom. The van der Waals surface area contributed by atoms with Gasteiger partial charge in [-0.15, -0.1) is 0 Å². The molecule has 1 aliphatic rings. The fraction of sp³-hybridized carbons (Fsp3) is 0.533. The summed E-state index contributed by atoms with van der Waals surface area (Å²) >= 11 is 0. The number of likely N-dealkylation sites (tertiary alicyclic amines) is 1. The van der Waals surface area contributed by atoms with Crippen molar-refractivity contribution in [2.24, 2.45) is 0 Å². The van der Waals surface area contributed by atoms with E-state index in [1.807, 2.05) is 29.2 Å². The summed E-state index contributed by atoms with van der Waals surface area (Å²) in [5.74, 6) is 0.920. The van der Waals surface area contributed by atoms with Crippen molar-refractivity contribution >= 4 is 5.91 Å². The van der Waals surface area contributed by atoms with Gasteiger partial charge in [0.2, 0.25) is 0 Å². The van der Waals surface area contributed by atoms with Crippen LogP contribution in [0.25, 0.3) is 0 Å². The molecule has 1 fully saturated rings. The van der Waals surface area contributed by atoms with Gasteiger partial charge in [0, 0.05) is 17.6 Å². The number of rotatable bonds is 2. The van der Waals surface area contributed by atoms with Crippen LogP contribution in [0.15, 0.2) is 24.3 Å². The summed E-state index contributed by atoms with van der Waals surface area (Å²) in [6.07, 6.45) is 3.42. The average molecular weight is 247 g/mol. The van der Waals surface area contributed by atoms with Crippen LogP contribution in [0.3, 0.4) is 0 Å². The van der Waals surface area contributed by atoms with Gasteiger partial charge in [-0.2, -0.15) is 0 Å². The Balaban J connectivity index is 2.18. The fourth-order valence-electron chi connectivity index (χ4n) is 2.70. The molecule has 2 rings (SSSR count). The van der Waals surface area contributed by atoms with Crippen LogP contribution in [0, 0.1) is 0 Å². The molecule has 0 aliphatic carbocycles. The Morgan fingerprint density at radius 3 is 2.22 bits per heavy atom. The molecule has 1 aromatic rings. The van der Waals surface area contributed by atoms with Crippen LogP contribution in [-0.2, 0) is 0 Å². The Kier molecular flexibility index (Phi) is 3.90. The largest absolute Gasteiger partial charge is 0.497 e. The van der Waals surface area contributed by atoms with E-state index in [-0.39, 0.29) is 5.91 Å². The Hall–Kier alpha value is -1.51. The van der Waals surface area contributed by atoms with Crippen molar-refractivity contribution in [1.29, 1.82) is 0 Å². The number of amides is 1. The van der Waals surface area contributed by atoms with Crippen LogP contribution in [0.5, 0.6) is 5.75 Å². The van der Waals surface area contributed by atoms with Crippen molar-refractivity contribution in [1.82, 2.24) is 4.90 Å². The van der Waals surface area contributed by atoms with Crippen molar-refractivity contribution in [2.75, 3.05) is 7.11 Å². The minimum atomic E-state index is 0.136. The number of methoxy groups -OCH3 is 1. The summed E-state index contributed by atoms with van der Waals surface area (Å²) in [4.78, 5) is 14.5. The molecule has 0 unspecified atom stereocenters. The summed E-state index contributed by atoms with van der Waals surface area (Å²) in [7, 11) is 1.63. The quantitative estimate of drug-likeness (QED) is 0.803. The van der Waals surface area contributed by atoms with Crippen molar-refractivity contribution in [3.63, 3.8) is 0 Å². The van der Waals surface area contributed by atoms with Crippen LogP contribution in [0.2, 0.25) is 0 Å². The maximum absolute atomic E-state index is 12.5. The molecule has 0 saturated carbocycles. The predicted molar refractivity (Wildman–Crippen MR) is 71.9 cm³/mol. The van der Waals surface area contributed by atoms with Gasteiger partial charge in [0.25, 0.3) is 5.91 Å². The predicted octanol–water partition coefficient (Wildman–Crippen LogP) is 3.10. The first-order valence-corrected chi connectivity index (χ1v) is 6.60. The molecule has 0 spiro atoms.